The summed E-state index contributed by atoms with van der Waals surface area (Å²) >= 11 is 0. The smallest absolute Gasteiger partial charge is 0.323 e. The summed E-state index contributed by atoms with van der Waals surface area (Å²) in [6, 6.07) is -0.272. The molecule has 0 radical (unpaired) electrons. The molecule has 0 N–H and O–H groups in total. The van der Waals surface area contributed by atoms with Crippen molar-refractivity contribution >= 4 is 11.8 Å². The van der Waals surface area contributed by atoms with Crippen molar-refractivity contribution in [2.75, 3.05) is 13.1 Å². The van der Waals surface area contributed by atoms with Crippen LogP contribution in [0.4, 0.5) is 0 Å². The molecule has 1 aliphatic heterocycles. The Hall–Kier alpha value is -0.900. The fraction of sp³-hybridized carbons (Fsp3) is 0.857. The zero-order valence-electron chi connectivity index (χ0n) is 12.2. The number of carbonyl (C=O) groups is 2. The first-order valence-electron chi connectivity index (χ1n) is 6.74. The van der Waals surface area contributed by atoms with Crippen LogP contribution in [0, 0.1) is 5.92 Å². The van der Waals surface area contributed by atoms with Crippen molar-refractivity contribution in [3.05, 3.63) is 0 Å². The zero-order valence-corrected chi connectivity index (χ0v) is 12.2. The maximum atomic E-state index is 12.0. The number of ether oxygens (including phenoxy) is 1. The molecule has 4 nitrogen and oxygen atoms in total. The highest BCUT2D eigenvalue weighted by molar-refractivity contribution is 5.82. The maximum Gasteiger partial charge on any atom is 0.323 e. The van der Waals surface area contributed by atoms with Crippen LogP contribution in [-0.2, 0) is 14.3 Å². The molecule has 0 aromatic heterocycles. The molecule has 0 aromatic rings. The molecule has 104 valence electrons. The Labute approximate surface area is 110 Å². The standard InChI is InChI=1S/C14H25NO3/c1-6-11-9-15(8-7-12(11)16)10(2)13(17)18-14(3,4)5/h10-11H,6-9H2,1-5H3. The van der Waals surface area contributed by atoms with Gasteiger partial charge in [-0.1, -0.05) is 6.92 Å². The Balaban J connectivity index is 2.59. The van der Waals surface area contributed by atoms with Crippen LogP contribution in [0.3, 0.4) is 0 Å². The number of piperidine rings is 1. The molecular formula is C14H25NO3. The summed E-state index contributed by atoms with van der Waals surface area (Å²) in [6.07, 6.45) is 1.39. The van der Waals surface area contributed by atoms with Crippen LogP contribution in [0.15, 0.2) is 0 Å². The summed E-state index contributed by atoms with van der Waals surface area (Å²) in [5.74, 6) is 0.195. The van der Waals surface area contributed by atoms with E-state index in [1.54, 1.807) is 0 Å². The second-order valence-corrected chi connectivity index (χ2v) is 6.03. The molecule has 0 bridgehead atoms. The molecule has 4 heteroatoms. The molecule has 1 fully saturated rings. The summed E-state index contributed by atoms with van der Waals surface area (Å²) < 4.78 is 5.38. The van der Waals surface area contributed by atoms with Crippen LogP contribution in [0.2, 0.25) is 0 Å². The van der Waals surface area contributed by atoms with E-state index in [1.807, 2.05) is 34.6 Å². The first-order chi connectivity index (χ1) is 8.24. The third-order valence-electron chi connectivity index (χ3n) is 3.34. The van der Waals surface area contributed by atoms with E-state index in [4.69, 9.17) is 4.74 Å². The molecule has 18 heavy (non-hydrogen) atoms. The predicted molar refractivity (Wildman–Crippen MR) is 70.3 cm³/mol. The van der Waals surface area contributed by atoms with Gasteiger partial charge in [0, 0.05) is 25.4 Å². The number of rotatable bonds is 3. The molecule has 1 heterocycles. The zero-order chi connectivity index (χ0) is 13.9. The minimum Gasteiger partial charge on any atom is -0.459 e. The van der Waals surface area contributed by atoms with E-state index in [2.05, 4.69) is 4.90 Å². The number of ketones is 1. The number of likely N-dealkylation sites (tertiary alicyclic amines) is 1. The lowest BCUT2D eigenvalue weighted by Gasteiger charge is -2.35. The average molecular weight is 255 g/mol. The van der Waals surface area contributed by atoms with Gasteiger partial charge >= 0.3 is 5.97 Å². The van der Waals surface area contributed by atoms with Crippen molar-refractivity contribution < 1.29 is 14.3 Å². The van der Waals surface area contributed by atoms with Gasteiger partial charge < -0.3 is 4.74 Å². The normalized spacial score (nSPS) is 23.8. The highest BCUT2D eigenvalue weighted by Crippen LogP contribution is 2.19. The summed E-state index contributed by atoms with van der Waals surface area (Å²) in [6.45, 7) is 10.8. The van der Waals surface area contributed by atoms with Crippen LogP contribution in [0.1, 0.15) is 47.5 Å². The largest absolute Gasteiger partial charge is 0.459 e. The van der Waals surface area contributed by atoms with Crippen LogP contribution >= 0.6 is 0 Å². The minimum atomic E-state index is -0.457. The number of hydrogen-bond donors (Lipinski definition) is 0. The van der Waals surface area contributed by atoms with Crippen molar-refractivity contribution in [2.24, 2.45) is 5.92 Å². The highest BCUT2D eigenvalue weighted by atomic mass is 16.6. The monoisotopic (exact) mass is 255 g/mol. The van der Waals surface area contributed by atoms with Gasteiger partial charge in [-0.15, -0.1) is 0 Å². The van der Waals surface area contributed by atoms with E-state index < -0.39 is 5.60 Å². The van der Waals surface area contributed by atoms with Crippen molar-refractivity contribution in [3.63, 3.8) is 0 Å². The fourth-order valence-electron chi connectivity index (χ4n) is 2.18. The van der Waals surface area contributed by atoms with Crippen LogP contribution in [0.5, 0.6) is 0 Å². The van der Waals surface area contributed by atoms with Crippen LogP contribution in [0.25, 0.3) is 0 Å². The molecule has 2 atom stereocenters. The molecule has 0 aromatic carbocycles. The van der Waals surface area contributed by atoms with Gasteiger partial charge in [-0.3, -0.25) is 14.5 Å². The van der Waals surface area contributed by atoms with Crippen molar-refractivity contribution in [1.82, 2.24) is 4.90 Å². The van der Waals surface area contributed by atoms with Gasteiger partial charge in [0.1, 0.15) is 17.4 Å². The molecular weight excluding hydrogens is 230 g/mol. The Morgan fingerprint density at radius 3 is 2.61 bits per heavy atom. The van der Waals surface area contributed by atoms with E-state index in [0.29, 0.717) is 25.3 Å². The van der Waals surface area contributed by atoms with Gasteiger partial charge in [0.25, 0.3) is 0 Å². The highest BCUT2D eigenvalue weighted by Gasteiger charge is 2.32. The minimum absolute atomic E-state index is 0.0728. The van der Waals surface area contributed by atoms with Crippen molar-refractivity contribution in [1.29, 1.82) is 0 Å². The fourth-order valence-corrected chi connectivity index (χ4v) is 2.18. The first-order valence-corrected chi connectivity index (χ1v) is 6.74. The van der Waals surface area contributed by atoms with E-state index in [-0.39, 0.29) is 17.9 Å². The summed E-state index contributed by atoms with van der Waals surface area (Å²) in [4.78, 5) is 25.7. The average Bonchev–Trinajstić information content (AvgIpc) is 2.26. The van der Waals surface area contributed by atoms with Crippen molar-refractivity contribution in [2.45, 2.75) is 59.1 Å². The second-order valence-electron chi connectivity index (χ2n) is 6.03. The summed E-state index contributed by atoms with van der Waals surface area (Å²) in [5, 5.41) is 0. The van der Waals surface area contributed by atoms with Gasteiger partial charge in [0.2, 0.25) is 0 Å². The van der Waals surface area contributed by atoms with Gasteiger partial charge in [-0.25, -0.2) is 0 Å². The first kappa shape index (κ1) is 15.2. The van der Waals surface area contributed by atoms with Gasteiger partial charge in [-0.2, -0.15) is 0 Å². The van der Waals surface area contributed by atoms with Gasteiger partial charge in [0.05, 0.1) is 0 Å². The van der Waals surface area contributed by atoms with E-state index >= 15 is 0 Å². The molecule has 1 aliphatic rings. The lowest BCUT2D eigenvalue weighted by molar-refractivity contribution is -0.162. The SMILES string of the molecule is CCC1CN(C(C)C(=O)OC(C)(C)C)CCC1=O. The van der Waals surface area contributed by atoms with E-state index in [1.165, 1.54) is 0 Å². The summed E-state index contributed by atoms with van der Waals surface area (Å²) in [5.41, 5.74) is -0.457. The predicted octanol–water partition coefficient (Wildman–Crippen LogP) is 2.02. The number of nitrogens with zero attached hydrogens (tertiary/aromatic N) is 1. The molecule has 0 saturated carbocycles. The Morgan fingerprint density at radius 2 is 2.11 bits per heavy atom. The van der Waals surface area contributed by atoms with Crippen molar-refractivity contribution in [3.8, 4) is 0 Å². The number of hydrogen-bond acceptors (Lipinski definition) is 4. The molecule has 2 unspecified atom stereocenters. The number of Topliss-reactive ketones (excluding diaryl/α,β-unsaturated/α-hetero) is 1. The molecule has 1 saturated heterocycles. The second kappa shape index (κ2) is 5.83. The third-order valence-corrected chi connectivity index (χ3v) is 3.34. The number of carbonyl (C=O) groups excluding carboxylic acids is 2. The third kappa shape index (κ3) is 4.09. The molecule has 0 spiro atoms. The molecule has 0 amide bonds. The van der Waals surface area contributed by atoms with Crippen LogP contribution in [-0.4, -0.2) is 41.4 Å². The van der Waals surface area contributed by atoms with Crippen LogP contribution < -0.4 is 0 Å². The molecule has 1 rings (SSSR count). The van der Waals surface area contributed by atoms with Gasteiger partial charge in [0.15, 0.2) is 0 Å². The quantitative estimate of drug-likeness (QED) is 0.724. The Kier molecular flexibility index (Phi) is 4.91. The Morgan fingerprint density at radius 1 is 1.50 bits per heavy atom. The lowest BCUT2D eigenvalue weighted by atomic mass is 9.93. The number of esters is 1. The topological polar surface area (TPSA) is 46.6 Å². The lowest BCUT2D eigenvalue weighted by Crippen LogP contribution is -2.49. The summed E-state index contributed by atoms with van der Waals surface area (Å²) in [7, 11) is 0. The maximum absolute atomic E-state index is 12.0. The molecule has 0 aliphatic carbocycles. The van der Waals surface area contributed by atoms with Gasteiger partial charge in [-0.05, 0) is 34.1 Å². The van der Waals surface area contributed by atoms with E-state index in [0.717, 1.165) is 6.42 Å². The Bertz CT molecular complexity index is 319. The van der Waals surface area contributed by atoms with E-state index in [9.17, 15) is 9.59 Å².